The number of unbranched alkanes of at least 4 members (excludes halogenated alkanes) is 26. The summed E-state index contributed by atoms with van der Waals surface area (Å²) in [7, 11) is -3.20. The van der Waals surface area contributed by atoms with Crippen LogP contribution in [0.5, 0.6) is 0 Å². The summed E-state index contributed by atoms with van der Waals surface area (Å²) in [6, 6.07) is 0. The summed E-state index contributed by atoms with van der Waals surface area (Å²) in [5.74, 6) is -0.803. The van der Waals surface area contributed by atoms with Crippen LogP contribution in [0.2, 0.25) is 0 Å². The number of hydrogen-bond donors (Lipinski definition) is 1. The monoisotopic (exact) mass is 771 g/mol. The molecule has 53 heavy (non-hydrogen) atoms. The fraction of sp³-hybridized carbons (Fsp3) is 0.864. The van der Waals surface area contributed by atoms with Gasteiger partial charge < -0.3 is 14.4 Å². The lowest BCUT2D eigenvalue weighted by atomic mass is 10.0. The third kappa shape index (κ3) is 40.0. The Morgan fingerprint density at radius 1 is 0.528 bits per heavy atom. The number of ether oxygens (including phenoxy) is 2. The van der Waals surface area contributed by atoms with Gasteiger partial charge in [-0.1, -0.05) is 186 Å². The van der Waals surface area contributed by atoms with E-state index in [0.717, 1.165) is 58.5 Å². The molecular weight excluding hydrogens is 687 g/mol. The van der Waals surface area contributed by atoms with Crippen molar-refractivity contribution >= 4 is 19.8 Å². The molecular formula is C44H83O8P. The molecule has 0 aromatic carbocycles. The van der Waals surface area contributed by atoms with Crippen LogP contribution in [0, 0.1) is 0 Å². The van der Waals surface area contributed by atoms with E-state index in [4.69, 9.17) is 14.0 Å². The van der Waals surface area contributed by atoms with Gasteiger partial charge in [-0.25, -0.2) is 4.57 Å². The van der Waals surface area contributed by atoms with Gasteiger partial charge in [-0.15, -0.1) is 0 Å². The average molecular weight is 771 g/mol. The number of carbonyl (C=O) groups excluding carboxylic acids is 2. The van der Waals surface area contributed by atoms with E-state index in [1.54, 1.807) is 0 Å². The number of hydrogen-bond acceptors (Lipinski definition) is 7. The van der Waals surface area contributed by atoms with E-state index in [1.165, 1.54) is 135 Å². The molecule has 0 spiro atoms. The number of esters is 2. The fourth-order valence-corrected chi connectivity index (χ4v) is 6.74. The molecule has 0 aromatic rings. The number of allylic oxidation sites excluding steroid dienone is 4. The van der Waals surface area contributed by atoms with Crippen LogP contribution in [-0.4, -0.2) is 43.3 Å². The SMILES string of the molecule is CCCCCC/C=C\C/C=C\CCCCCCCCCC(=O)OC(COC(=O)CCCCCCCCCCCCCCCCCC)COP(=O)(O)OC. The zero-order valence-electron chi connectivity index (χ0n) is 34.7. The summed E-state index contributed by atoms with van der Waals surface area (Å²) in [6.07, 6.45) is 45.1. The highest BCUT2D eigenvalue weighted by molar-refractivity contribution is 7.47. The standard InChI is InChI=1S/C44H83O8P/c1-4-6-8-10-12-14-16-18-20-22-23-25-27-29-31-33-35-37-39-44(46)52-42(41-51-53(47,48)49-3)40-50-43(45)38-36-34-32-30-28-26-24-21-19-17-15-13-11-9-7-5-2/h14,16,20,22,42H,4-13,15,17-19,21,23-41H2,1-3H3,(H,47,48)/b16-14-,22-20-. The van der Waals surface area contributed by atoms with Crippen molar-refractivity contribution in [1.29, 1.82) is 0 Å². The lowest BCUT2D eigenvalue weighted by Crippen LogP contribution is -2.29. The van der Waals surface area contributed by atoms with Gasteiger partial charge in [0.1, 0.15) is 6.61 Å². The minimum Gasteiger partial charge on any atom is -0.462 e. The number of rotatable bonds is 41. The first-order valence-electron chi connectivity index (χ1n) is 22.0. The van der Waals surface area contributed by atoms with Crippen molar-refractivity contribution in [2.45, 2.75) is 225 Å². The molecule has 0 aliphatic rings. The minimum atomic E-state index is -4.26. The highest BCUT2D eigenvalue weighted by atomic mass is 31.2. The van der Waals surface area contributed by atoms with Gasteiger partial charge in [0.2, 0.25) is 0 Å². The van der Waals surface area contributed by atoms with Gasteiger partial charge in [0.05, 0.1) is 6.61 Å². The van der Waals surface area contributed by atoms with Crippen LogP contribution in [0.3, 0.4) is 0 Å². The lowest BCUT2D eigenvalue weighted by molar-refractivity contribution is -0.161. The van der Waals surface area contributed by atoms with Gasteiger partial charge in [-0.05, 0) is 44.9 Å². The first kappa shape index (κ1) is 51.5. The molecule has 2 unspecified atom stereocenters. The molecule has 0 fully saturated rings. The van der Waals surface area contributed by atoms with Crippen molar-refractivity contribution in [3.8, 4) is 0 Å². The molecule has 312 valence electrons. The van der Waals surface area contributed by atoms with Crippen molar-refractivity contribution in [2.75, 3.05) is 20.3 Å². The second kappa shape index (κ2) is 40.2. The Kier molecular flexibility index (Phi) is 39.1. The molecule has 0 radical (unpaired) electrons. The quantitative estimate of drug-likeness (QED) is 0.0283. The fourth-order valence-electron chi connectivity index (χ4n) is 6.28. The molecule has 0 amide bonds. The maximum absolute atomic E-state index is 12.5. The van der Waals surface area contributed by atoms with Gasteiger partial charge in [0.15, 0.2) is 6.10 Å². The van der Waals surface area contributed by atoms with Gasteiger partial charge in [0, 0.05) is 20.0 Å². The van der Waals surface area contributed by atoms with E-state index in [2.05, 4.69) is 42.7 Å². The smallest absolute Gasteiger partial charge is 0.462 e. The Labute approximate surface area is 326 Å². The molecule has 0 aliphatic carbocycles. The first-order valence-corrected chi connectivity index (χ1v) is 23.5. The van der Waals surface area contributed by atoms with E-state index in [0.29, 0.717) is 12.8 Å². The minimum absolute atomic E-state index is 0.224. The molecule has 1 N–H and O–H groups in total. The van der Waals surface area contributed by atoms with E-state index in [9.17, 15) is 19.0 Å². The summed E-state index contributed by atoms with van der Waals surface area (Å²) >= 11 is 0. The summed E-state index contributed by atoms with van der Waals surface area (Å²) in [5, 5.41) is 0. The summed E-state index contributed by atoms with van der Waals surface area (Å²) in [5.41, 5.74) is 0. The molecule has 0 heterocycles. The molecule has 0 bridgehead atoms. The Hall–Kier alpha value is -1.47. The predicted molar refractivity (Wildman–Crippen MR) is 221 cm³/mol. The largest absolute Gasteiger partial charge is 0.472 e. The van der Waals surface area contributed by atoms with E-state index in [1.807, 2.05) is 0 Å². The molecule has 0 aliphatic heterocycles. The van der Waals surface area contributed by atoms with Crippen molar-refractivity contribution in [3.63, 3.8) is 0 Å². The van der Waals surface area contributed by atoms with Crippen LogP contribution >= 0.6 is 7.82 Å². The van der Waals surface area contributed by atoms with E-state index >= 15 is 0 Å². The van der Waals surface area contributed by atoms with Crippen LogP contribution < -0.4 is 0 Å². The third-order valence-electron chi connectivity index (χ3n) is 9.70. The molecule has 0 saturated heterocycles. The van der Waals surface area contributed by atoms with Crippen LogP contribution in [0.15, 0.2) is 24.3 Å². The Balaban J connectivity index is 3.98. The van der Waals surface area contributed by atoms with Gasteiger partial charge in [-0.2, -0.15) is 0 Å². The summed E-state index contributed by atoms with van der Waals surface area (Å²) in [6.45, 7) is 3.89. The van der Waals surface area contributed by atoms with Crippen molar-refractivity contribution in [3.05, 3.63) is 24.3 Å². The average Bonchev–Trinajstić information content (AvgIpc) is 3.15. The van der Waals surface area contributed by atoms with Gasteiger partial charge in [-0.3, -0.25) is 18.6 Å². The topological polar surface area (TPSA) is 108 Å². The van der Waals surface area contributed by atoms with Crippen molar-refractivity contribution in [1.82, 2.24) is 0 Å². The number of carbonyl (C=O) groups is 2. The molecule has 9 heteroatoms. The van der Waals surface area contributed by atoms with Crippen LogP contribution in [-0.2, 0) is 32.7 Å². The maximum Gasteiger partial charge on any atom is 0.472 e. The molecule has 0 aromatic heterocycles. The molecule has 8 nitrogen and oxygen atoms in total. The zero-order chi connectivity index (χ0) is 38.9. The summed E-state index contributed by atoms with van der Waals surface area (Å²) in [4.78, 5) is 34.5. The van der Waals surface area contributed by atoms with Crippen molar-refractivity contribution in [2.24, 2.45) is 0 Å². The summed E-state index contributed by atoms with van der Waals surface area (Å²) < 4.78 is 32.0. The lowest BCUT2D eigenvalue weighted by Gasteiger charge is -2.19. The second-order valence-electron chi connectivity index (χ2n) is 14.8. The normalized spacial score (nSPS) is 13.5. The van der Waals surface area contributed by atoms with Gasteiger partial charge in [0.25, 0.3) is 0 Å². The molecule has 0 rings (SSSR count). The first-order chi connectivity index (χ1) is 25.8. The Morgan fingerprint density at radius 3 is 1.34 bits per heavy atom. The molecule has 0 saturated carbocycles. The third-order valence-corrected chi connectivity index (χ3v) is 10.6. The van der Waals surface area contributed by atoms with Crippen LogP contribution in [0.1, 0.15) is 219 Å². The second-order valence-corrected chi connectivity index (χ2v) is 16.4. The highest BCUT2D eigenvalue weighted by Crippen LogP contribution is 2.42. The Bertz CT molecular complexity index is 921. The van der Waals surface area contributed by atoms with E-state index in [-0.39, 0.29) is 19.0 Å². The highest BCUT2D eigenvalue weighted by Gasteiger charge is 2.24. The maximum atomic E-state index is 12.5. The van der Waals surface area contributed by atoms with Gasteiger partial charge >= 0.3 is 19.8 Å². The number of phosphoric acid groups is 1. The Morgan fingerprint density at radius 2 is 0.906 bits per heavy atom. The molecule has 2 atom stereocenters. The predicted octanol–water partition coefficient (Wildman–Crippen LogP) is 13.8. The number of phosphoric ester groups is 1. The van der Waals surface area contributed by atoms with Crippen LogP contribution in [0.4, 0.5) is 0 Å². The van der Waals surface area contributed by atoms with E-state index < -0.39 is 26.5 Å². The zero-order valence-corrected chi connectivity index (χ0v) is 35.6. The van der Waals surface area contributed by atoms with Crippen molar-refractivity contribution < 1.29 is 37.6 Å². The van der Waals surface area contributed by atoms with Crippen LogP contribution in [0.25, 0.3) is 0 Å².